The number of thioether (sulfide) groups is 1. The summed E-state index contributed by atoms with van der Waals surface area (Å²) in [5.41, 5.74) is 2.24. The first-order valence-electron chi connectivity index (χ1n) is 9.99. The zero-order valence-corrected chi connectivity index (χ0v) is 17.5. The molecule has 0 fully saturated rings. The minimum atomic E-state index is -0.733. The molecule has 4 rings (SSSR count). The SMILES string of the molecule is O=C(NCCCCSc1ccccc1)n1c(=O)oc2ccc(-c3ccc(F)cc3)cc21. The molecule has 5 nitrogen and oxygen atoms in total. The number of benzene rings is 3. The molecule has 0 aliphatic heterocycles. The first-order valence-corrected chi connectivity index (χ1v) is 11.0. The van der Waals surface area contributed by atoms with Crippen molar-refractivity contribution in [2.24, 2.45) is 0 Å². The van der Waals surface area contributed by atoms with Gasteiger partial charge >= 0.3 is 11.8 Å². The van der Waals surface area contributed by atoms with Crippen molar-refractivity contribution in [2.75, 3.05) is 12.3 Å². The topological polar surface area (TPSA) is 64.2 Å². The maximum Gasteiger partial charge on any atom is 0.428 e. The Morgan fingerprint density at radius 1 is 0.968 bits per heavy atom. The van der Waals surface area contributed by atoms with E-state index >= 15 is 0 Å². The van der Waals surface area contributed by atoms with E-state index in [2.05, 4.69) is 17.4 Å². The second-order valence-electron chi connectivity index (χ2n) is 6.99. The van der Waals surface area contributed by atoms with Crippen LogP contribution < -0.4 is 11.1 Å². The van der Waals surface area contributed by atoms with Gasteiger partial charge in [-0.3, -0.25) is 0 Å². The van der Waals surface area contributed by atoms with Crippen LogP contribution >= 0.6 is 11.8 Å². The fraction of sp³-hybridized carbons (Fsp3) is 0.167. The van der Waals surface area contributed by atoms with Crippen LogP contribution in [0.3, 0.4) is 0 Å². The summed E-state index contributed by atoms with van der Waals surface area (Å²) in [6, 6.07) is 20.8. The average Bonchev–Trinajstić information content (AvgIpc) is 3.12. The van der Waals surface area contributed by atoms with Gasteiger partial charge in [0.05, 0.1) is 0 Å². The Hall–Kier alpha value is -3.32. The number of carbonyl (C=O) groups is 1. The Morgan fingerprint density at radius 3 is 2.48 bits per heavy atom. The van der Waals surface area contributed by atoms with E-state index in [1.165, 1.54) is 17.0 Å². The lowest BCUT2D eigenvalue weighted by atomic mass is 10.1. The number of fused-ring (bicyclic) bond motifs is 1. The van der Waals surface area contributed by atoms with Crippen molar-refractivity contribution in [2.45, 2.75) is 17.7 Å². The van der Waals surface area contributed by atoms with Crippen molar-refractivity contribution in [1.82, 2.24) is 9.88 Å². The van der Waals surface area contributed by atoms with Gasteiger partial charge in [-0.2, -0.15) is 4.57 Å². The Balaban J connectivity index is 1.39. The van der Waals surface area contributed by atoms with Gasteiger partial charge in [-0.15, -0.1) is 11.8 Å². The number of hydrogen-bond donors (Lipinski definition) is 1. The molecule has 1 heterocycles. The lowest BCUT2D eigenvalue weighted by Crippen LogP contribution is -2.34. The van der Waals surface area contributed by atoms with Crippen LogP contribution in [0.25, 0.3) is 22.2 Å². The third-order valence-corrected chi connectivity index (χ3v) is 5.92. The van der Waals surface area contributed by atoms with Gasteiger partial charge in [0.2, 0.25) is 0 Å². The van der Waals surface area contributed by atoms with E-state index in [0.717, 1.165) is 34.3 Å². The Bertz CT molecular complexity index is 1230. The first kappa shape index (κ1) is 20.9. The molecule has 4 aromatic rings. The summed E-state index contributed by atoms with van der Waals surface area (Å²) in [6.45, 7) is 0.463. The number of nitrogens with one attached hydrogen (secondary N) is 1. The van der Waals surface area contributed by atoms with Crippen LogP contribution in [0.5, 0.6) is 0 Å². The highest BCUT2D eigenvalue weighted by molar-refractivity contribution is 7.99. The van der Waals surface area contributed by atoms with Gasteiger partial charge in [0.25, 0.3) is 0 Å². The van der Waals surface area contributed by atoms with Crippen molar-refractivity contribution < 1.29 is 13.6 Å². The van der Waals surface area contributed by atoms with Gasteiger partial charge < -0.3 is 9.73 Å². The van der Waals surface area contributed by atoms with Crippen molar-refractivity contribution in [3.63, 3.8) is 0 Å². The highest BCUT2D eigenvalue weighted by Gasteiger charge is 2.16. The van der Waals surface area contributed by atoms with Gasteiger partial charge in [0.1, 0.15) is 11.3 Å². The van der Waals surface area contributed by atoms with Gasteiger partial charge in [0, 0.05) is 11.4 Å². The smallest absolute Gasteiger partial charge is 0.407 e. The summed E-state index contributed by atoms with van der Waals surface area (Å²) in [5.74, 6) is -0.106. The molecule has 31 heavy (non-hydrogen) atoms. The standard InChI is InChI=1S/C24H21FN2O3S/c25-19-11-8-17(9-12-19)18-10-13-22-21(16-18)27(24(29)30-22)23(28)26-14-4-5-15-31-20-6-2-1-3-7-20/h1-3,6-13,16H,4-5,14-15H2,(H,26,28). The largest absolute Gasteiger partial charge is 0.428 e. The lowest BCUT2D eigenvalue weighted by molar-refractivity contribution is 0.241. The molecular weight excluding hydrogens is 415 g/mol. The zero-order valence-electron chi connectivity index (χ0n) is 16.7. The quantitative estimate of drug-likeness (QED) is 0.306. The highest BCUT2D eigenvalue weighted by atomic mass is 32.2. The van der Waals surface area contributed by atoms with Crippen LogP contribution in [0.15, 0.2) is 86.9 Å². The highest BCUT2D eigenvalue weighted by Crippen LogP contribution is 2.24. The molecule has 3 aromatic carbocycles. The van der Waals surface area contributed by atoms with Crippen LogP contribution in [0.2, 0.25) is 0 Å². The van der Waals surface area contributed by atoms with E-state index in [1.807, 2.05) is 18.2 Å². The van der Waals surface area contributed by atoms with E-state index in [-0.39, 0.29) is 5.82 Å². The van der Waals surface area contributed by atoms with Crippen LogP contribution in [0.4, 0.5) is 9.18 Å². The molecule has 0 unspecified atom stereocenters. The summed E-state index contributed by atoms with van der Waals surface area (Å²) >= 11 is 1.78. The molecule has 0 aliphatic rings. The van der Waals surface area contributed by atoms with Crippen LogP contribution in [0.1, 0.15) is 12.8 Å². The molecule has 1 aromatic heterocycles. The van der Waals surface area contributed by atoms with E-state index in [1.54, 1.807) is 42.1 Å². The summed E-state index contributed by atoms with van der Waals surface area (Å²) in [6.07, 6.45) is 1.74. The fourth-order valence-corrected chi connectivity index (χ4v) is 4.17. The maximum absolute atomic E-state index is 13.2. The second-order valence-corrected chi connectivity index (χ2v) is 8.16. The van der Waals surface area contributed by atoms with Crippen molar-refractivity contribution in [1.29, 1.82) is 0 Å². The molecule has 0 radical (unpaired) electrons. The van der Waals surface area contributed by atoms with Crippen molar-refractivity contribution in [3.05, 3.63) is 89.2 Å². The number of amides is 1. The minimum absolute atomic E-state index is 0.324. The number of halogens is 1. The number of hydrogen-bond acceptors (Lipinski definition) is 4. The van der Waals surface area contributed by atoms with Crippen LogP contribution in [-0.4, -0.2) is 22.9 Å². The molecule has 0 saturated heterocycles. The predicted molar refractivity (Wildman–Crippen MR) is 121 cm³/mol. The normalized spacial score (nSPS) is 11.0. The first-order chi connectivity index (χ1) is 15.1. The Labute approximate surface area is 182 Å². The third kappa shape index (κ3) is 5.06. The molecule has 7 heteroatoms. The Kier molecular flexibility index (Phi) is 6.52. The van der Waals surface area contributed by atoms with Crippen molar-refractivity contribution in [3.8, 4) is 11.1 Å². The summed E-state index contributed by atoms with van der Waals surface area (Å²) in [5, 5.41) is 2.79. The number of nitrogens with zero attached hydrogens (tertiary/aromatic N) is 1. The Morgan fingerprint density at radius 2 is 1.71 bits per heavy atom. The molecule has 0 saturated carbocycles. The zero-order chi connectivity index (χ0) is 21.6. The third-order valence-electron chi connectivity index (χ3n) is 4.82. The van der Waals surface area contributed by atoms with E-state index < -0.39 is 11.8 Å². The number of unbranched alkanes of at least 4 members (excludes halogenated alkanes) is 1. The number of rotatable bonds is 7. The van der Waals surface area contributed by atoms with Gasteiger partial charge in [-0.25, -0.2) is 14.0 Å². The van der Waals surface area contributed by atoms with Crippen LogP contribution in [0, 0.1) is 5.82 Å². The molecule has 158 valence electrons. The second kappa shape index (κ2) is 9.66. The maximum atomic E-state index is 13.2. The summed E-state index contributed by atoms with van der Waals surface area (Å²) in [4.78, 5) is 26.1. The summed E-state index contributed by atoms with van der Waals surface area (Å²) in [7, 11) is 0. The molecule has 1 amide bonds. The average molecular weight is 437 g/mol. The monoisotopic (exact) mass is 436 g/mol. The molecule has 1 N–H and O–H groups in total. The van der Waals surface area contributed by atoms with E-state index in [0.29, 0.717) is 17.6 Å². The summed E-state index contributed by atoms with van der Waals surface area (Å²) < 4.78 is 19.4. The lowest BCUT2D eigenvalue weighted by Gasteiger charge is -2.06. The van der Waals surface area contributed by atoms with Crippen LogP contribution in [-0.2, 0) is 0 Å². The molecule has 0 aliphatic carbocycles. The van der Waals surface area contributed by atoms with Gasteiger partial charge in [-0.05, 0) is 66.1 Å². The van der Waals surface area contributed by atoms with Gasteiger partial charge in [-0.1, -0.05) is 36.4 Å². The number of oxazole rings is 1. The molecule has 0 spiro atoms. The molecule has 0 atom stereocenters. The minimum Gasteiger partial charge on any atom is -0.407 e. The van der Waals surface area contributed by atoms with Crippen molar-refractivity contribution >= 4 is 28.9 Å². The predicted octanol–water partition coefficient (Wildman–Crippen LogP) is 5.53. The number of carbonyl (C=O) groups excluding carboxylic acids is 1. The van der Waals surface area contributed by atoms with E-state index in [9.17, 15) is 14.0 Å². The fourth-order valence-electron chi connectivity index (χ4n) is 3.24. The van der Waals surface area contributed by atoms with E-state index in [4.69, 9.17) is 4.42 Å². The number of aromatic nitrogens is 1. The molecular formula is C24H21FN2O3S. The van der Waals surface area contributed by atoms with Gasteiger partial charge in [0.15, 0.2) is 5.58 Å². The molecule has 0 bridgehead atoms.